The summed E-state index contributed by atoms with van der Waals surface area (Å²) in [4.78, 5) is 12.1. The summed E-state index contributed by atoms with van der Waals surface area (Å²) in [7, 11) is 0. The van der Waals surface area contributed by atoms with Crippen LogP contribution in [-0.2, 0) is 0 Å². The maximum atomic E-state index is 12.1. The van der Waals surface area contributed by atoms with Gasteiger partial charge >= 0.3 is 0 Å². The molecule has 0 aliphatic rings. The van der Waals surface area contributed by atoms with Crippen molar-refractivity contribution >= 4 is 5.91 Å². The van der Waals surface area contributed by atoms with Gasteiger partial charge < -0.3 is 10.1 Å². The van der Waals surface area contributed by atoms with Gasteiger partial charge in [-0.15, -0.1) is 0 Å². The first kappa shape index (κ1) is 15.3. The van der Waals surface area contributed by atoms with Crippen LogP contribution in [0.15, 0.2) is 36.9 Å². The van der Waals surface area contributed by atoms with Crippen molar-refractivity contribution in [3.63, 3.8) is 0 Å². The minimum atomic E-state index is -0.0773. The van der Waals surface area contributed by atoms with Crippen LogP contribution in [0.1, 0.15) is 37.0 Å². The van der Waals surface area contributed by atoms with Gasteiger partial charge in [-0.1, -0.05) is 51.5 Å². The Morgan fingerprint density at radius 2 is 2.05 bits per heavy atom. The van der Waals surface area contributed by atoms with E-state index in [9.17, 15) is 4.79 Å². The normalized spacial score (nSPS) is 10.3. The van der Waals surface area contributed by atoms with Crippen molar-refractivity contribution in [3.05, 3.63) is 42.5 Å². The summed E-state index contributed by atoms with van der Waals surface area (Å²) in [6.45, 7) is 9.00. The zero-order chi connectivity index (χ0) is 14.1. The Bertz CT molecular complexity index is 411. The van der Waals surface area contributed by atoms with E-state index in [0.717, 1.165) is 12.8 Å². The molecule has 0 atom stereocenters. The number of rotatable bonds is 8. The molecule has 0 radical (unpaired) electrons. The number of amides is 1. The Morgan fingerprint density at radius 3 is 2.68 bits per heavy atom. The van der Waals surface area contributed by atoms with Crippen molar-refractivity contribution in [3.8, 4) is 5.75 Å². The Morgan fingerprint density at radius 1 is 1.37 bits per heavy atom. The lowest BCUT2D eigenvalue weighted by Gasteiger charge is -2.14. The zero-order valence-electron chi connectivity index (χ0n) is 11.8. The second-order valence-electron chi connectivity index (χ2n) is 4.49. The van der Waals surface area contributed by atoms with Crippen molar-refractivity contribution in [2.75, 3.05) is 13.2 Å². The topological polar surface area (TPSA) is 38.3 Å². The van der Waals surface area contributed by atoms with Crippen molar-refractivity contribution in [1.82, 2.24) is 5.32 Å². The van der Waals surface area contributed by atoms with Gasteiger partial charge in [0.2, 0.25) is 0 Å². The number of carbonyl (C=O) groups excluding carboxylic acids is 1. The van der Waals surface area contributed by atoms with Gasteiger partial charge in [0.15, 0.2) is 0 Å². The molecule has 1 aromatic carbocycles. The van der Waals surface area contributed by atoms with Gasteiger partial charge in [0.05, 0.1) is 5.56 Å². The van der Waals surface area contributed by atoms with E-state index >= 15 is 0 Å². The van der Waals surface area contributed by atoms with Crippen molar-refractivity contribution < 1.29 is 9.53 Å². The van der Waals surface area contributed by atoms with Gasteiger partial charge in [-0.3, -0.25) is 4.79 Å². The van der Waals surface area contributed by atoms with Crippen molar-refractivity contribution in [1.29, 1.82) is 0 Å². The van der Waals surface area contributed by atoms with Crippen LogP contribution in [-0.4, -0.2) is 19.1 Å². The van der Waals surface area contributed by atoms with E-state index in [0.29, 0.717) is 30.4 Å². The molecule has 0 saturated heterocycles. The number of hydrogen-bond acceptors (Lipinski definition) is 2. The average Bonchev–Trinajstić information content (AvgIpc) is 2.46. The number of hydrogen-bond donors (Lipinski definition) is 1. The fourth-order valence-electron chi connectivity index (χ4n) is 1.84. The fourth-order valence-corrected chi connectivity index (χ4v) is 1.84. The van der Waals surface area contributed by atoms with E-state index in [2.05, 4.69) is 25.7 Å². The second-order valence-corrected chi connectivity index (χ2v) is 4.49. The minimum Gasteiger partial charge on any atom is -0.489 e. The third kappa shape index (κ3) is 4.78. The van der Waals surface area contributed by atoms with Crippen LogP contribution in [0.2, 0.25) is 0 Å². The molecule has 0 aromatic heterocycles. The molecule has 3 nitrogen and oxygen atoms in total. The summed E-state index contributed by atoms with van der Waals surface area (Å²) in [5.41, 5.74) is 0.579. The van der Waals surface area contributed by atoms with Crippen LogP contribution in [0.25, 0.3) is 0 Å². The van der Waals surface area contributed by atoms with Crippen LogP contribution < -0.4 is 10.1 Å². The lowest BCUT2D eigenvalue weighted by atomic mass is 10.0. The molecule has 1 rings (SSSR count). The highest BCUT2D eigenvalue weighted by molar-refractivity contribution is 5.96. The monoisotopic (exact) mass is 261 g/mol. The molecule has 0 heterocycles. The fraction of sp³-hybridized carbons (Fsp3) is 0.438. The van der Waals surface area contributed by atoms with Crippen LogP contribution in [0.5, 0.6) is 5.75 Å². The first-order valence-electron chi connectivity index (χ1n) is 6.83. The van der Waals surface area contributed by atoms with E-state index < -0.39 is 0 Å². The van der Waals surface area contributed by atoms with E-state index in [4.69, 9.17) is 4.74 Å². The Kier molecular flexibility index (Phi) is 6.72. The first-order valence-corrected chi connectivity index (χ1v) is 6.83. The zero-order valence-corrected chi connectivity index (χ0v) is 11.8. The van der Waals surface area contributed by atoms with Gasteiger partial charge in [0, 0.05) is 6.54 Å². The van der Waals surface area contributed by atoms with Gasteiger partial charge in [0.1, 0.15) is 12.4 Å². The third-order valence-corrected chi connectivity index (χ3v) is 3.19. The molecule has 1 amide bonds. The summed E-state index contributed by atoms with van der Waals surface area (Å²) >= 11 is 0. The number of para-hydroxylation sites is 1. The van der Waals surface area contributed by atoms with Crippen LogP contribution in [0, 0.1) is 5.92 Å². The Labute approximate surface area is 115 Å². The lowest BCUT2D eigenvalue weighted by molar-refractivity contribution is 0.0943. The molecular weight excluding hydrogens is 238 g/mol. The lowest BCUT2D eigenvalue weighted by Crippen LogP contribution is -2.29. The Balaban J connectivity index is 2.67. The van der Waals surface area contributed by atoms with E-state index in [1.165, 1.54) is 0 Å². The molecule has 0 saturated carbocycles. The van der Waals surface area contributed by atoms with Crippen LogP contribution in [0.3, 0.4) is 0 Å². The minimum absolute atomic E-state index is 0.0773. The molecule has 0 spiro atoms. The molecule has 0 unspecified atom stereocenters. The van der Waals surface area contributed by atoms with Crippen molar-refractivity contribution in [2.45, 2.75) is 26.7 Å². The van der Waals surface area contributed by atoms with Crippen molar-refractivity contribution in [2.24, 2.45) is 5.92 Å². The number of carbonyl (C=O) groups is 1. The summed E-state index contributed by atoms with van der Waals surface area (Å²) in [5.74, 6) is 1.06. The maximum Gasteiger partial charge on any atom is 0.255 e. The highest BCUT2D eigenvalue weighted by Gasteiger charge is 2.13. The van der Waals surface area contributed by atoms with Gasteiger partial charge in [0.25, 0.3) is 5.91 Å². The van der Waals surface area contributed by atoms with E-state index in [1.54, 1.807) is 18.2 Å². The number of benzene rings is 1. The molecule has 1 N–H and O–H groups in total. The molecular formula is C16H23NO2. The predicted octanol–water partition coefficient (Wildman–Crippen LogP) is 3.42. The van der Waals surface area contributed by atoms with Gasteiger partial charge in [-0.05, 0) is 18.1 Å². The van der Waals surface area contributed by atoms with E-state index in [-0.39, 0.29) is 5.91 Å². The highest BCUT2D eigenvalue weighted by Crippen LogP contribution is 2.18. The summed E-state index contributed by atoms with van der Waals surface area (Å²) in [6, 6.07) is 7.28. The largest absolute Gasteiger partial charge is 0.489 e. The molecule has 0 aliphatic carbocycles. The second kappa shape index (κ2) is 8.35. The summed E-state index contributed by atoms with van der Waals surface area (Å²) < 4.78 is 5.49. The molecule has 0 bridgehead atoms. The third-order valence-electron chi connectivity index (χ3n) is 3.19. The summed E-state index contributed by atoms with van der Waals surface area (Å²) in [6.07, 6.45) is 3.82. The van der Waals surface area contributed by atoms with Gasteiger partial charge in [-0.25, -0.2) is 0 Å². The van der Waals surface area contributed by atoms with Crippen LogP contribution >= 0.6 is 0 Å². The standard InChI is InChI=1S/C16H23NO2/c1-4-11-19-15-10-8-7-9-14(15)16(18)17-12-13(5-2)6-3/h4,7-10,13H,1,5-6,11-12H2,2-3H3,(H,17,18). The average molecular weight is 261 g/mol. The highest BCUT2D eigenvalue weighted by atomic mass is 16.5. The molecule has 0 fully saturated rings. The summed E-state index contributed by atoms with van der Waals surface area (Å²) in [5, 5.41) is 2.97. The number of ether oxygens (including phenoxy) is 1. The smallest absolute Gasteiger partial charge is 0.255 e. The van der Waals surface area contributed by atoms with E-state index in [1.807, 2.05) is 12.1 Å². The number of nitrogens with one attached hydrogen (secondary N) is 1. The SMILES string of the molecule is C=CCOc1ccccc1C(=O)NCC(CC)CC. The predicted molar refractivity (Wildman–Crippen MR) is 78.5 cm³/mol. The molecule has 19 heavy (non-hydrogen) atoms. The molecule has 1 aromatic rings. The first-order chi connectivity index (χ1) is 9.22. The molecule has 0 aliphatic heterocycles. The van der Waals surface area contributed by atoms with Crippen LogP contribution in [0.4, 0.5) is 0 Å². The molecule has 104 valence electrons. The quantitative estimate of drug-likeness (QED) is 0.728. The maximum absolute atomic E-state index is 12.1. The van der Waals surface area contributed by atoms with Gasteiger partial charge in [-0.2, -0.15) is 0 Å². The molecule has 3 heteroatoms. The Hall–Kier alpha value is -1.77.